The minimum atomic E-state index is -0.679. The van der Waals surface area contributed by atoms with Crippen molar-refractivity contribution in [1.29, 1.82) is 0 Å². The summed E-state index contributed by atoms with van der Waals surface area (Å²) < 4.78 is 47.5. The number of piperidine rings is 1. The highest BCUT2D eigenvalue weighted by Gasteiger charge is 2.45. The zero-order valence-corrected chi connectivity index (χ0v) is 35.4. The lowest BCUT2D eigenvalue weighted by Crippen LogP contribution is -2.48. The molecule has 3 aromatic rings. The Balaban J connectivity index is 1.17. The lowest BCUT2D eigenvalue weighted by molar-refractivity contribution is -0.171. The highest BCUT2D eigenvalue weighted by atomic mass is 16.7. The Kier molecular flexibility index (Phi) is 12.5. The largest absolute Gasteiger partial charge is 0.493 e. The first-order chi connectivity index (χ1) is 28.8. The molecule has 0 aromatic heterocycles. The van der Waals surface area contributed by atoms with Gasteiger partial charge in [0, 0.05) is 50.7 Å². The van der Waals surface area contributed by atoms with E-state index in [-0.39, 0.29) is 49.0 Å². The molecule has 5 aliphatic rings. The number of methoxy groups -OCH3 is 4. The van der Waals surface area contributed by atoms with E-state index in [0.717, 1.165) is 67.0 Å². The molecule has 0 spiro atoms. The smallest absolute Gasteiger partial charge is 0.289 e. The van der Waals surface area contributed by atoms with Gasteiger partial charge in [0.25, 0.3) is 5.91 Å². The summed E-state index contributed by atoms with van der Waals surface area (Å²) in [5.74, 6) is 4.76. The SMILES string of the molecule is CCO[C@@H]1OC(C(=O)N2CCc3cc(OC)c(OC)cc3[C@H]2C[C@H]2C[C@H]3c4cc(OC)c(OC)cc4CCN3C[C@@H]2CC)=C[C@H](c2ccc3c(c2)OCO3)[C@@H]1CCCO. The third-order valence-electron chi connectivity index (χ3n) is 13.5. The minimum Gasteiger partial charge on any atom is -0.493 e. The Morgan fingerprint density at radius 1 is 0.831 bits per heavy atom. The molecular formula is C47H60N2O10. The Morgan fingerprint density at radius 2 is 1.51 bits per heavy atom. The van der Waals surface area contributed by atoms with Gasteiger partial charge in [-0.2, -0.15) is 0 Å². The standard InChI is InChI=1S/C47H60N2O10/c1-7-28-26-48-15-13-30-20-40(52-3)42(54-5)24-35(30)37(48)18-32(28)19-38-36-25-43(55-6)41(53-4)21-31(36)14-16-49(38)46(51)45-23-34(29-11-12-39-44(22-29)58-27-57-39)33(10-9-17-50)47(59-45)56-8-2/h11-12,20-25,28,32-34,37-38,47,50H,7-10,13-19,26-27H2,1-6H3/t28-,32+,33-,34+,37-,38+,47+/m0/s1. The van der Waals surface area contributed by atoms with Gasteiger partial charge in [-0.05, 0) is 128 Å². The van der Waals surface area contributed by atoms with Crippen LogP contribution < -0.4 is 28.4 Å². The first-order valence-electron chi connectivity index (χ1n) is 21.4. The molecule has 1 N–H and O–H groups in total. The molecule has 0 aliphatic carbocycles. The number of hydrogen-bond acceptors (Lipinski definition) is 11. The molecule has 1 fully saturated rings. The molecule has 318 valence electrons. The molecule has 59 heavy (non-hydrogen) atoms. The van der Waals surface area contributed by atoms with Crippen molar-refractivity contribution in [3.05, 3.63) is 82.1 Å². The normalized spacial score (nSPS) is 25.8. The Labute approximate surface area is 348 Å². The number of hydrogen-bond donors (Lipinski definition) is 1. The summed E-state index contributed by atoms with van der Waals surface area (Å²) in [6, 6.07) is 14.5. The Hall–Kier alpha value is -4.65. The molecular weight excluding hydrogens is 753 g/mol. The van der Waals surface area contributed by atoms with Crippen LogP contribution in [0.1, 0.15) is 91.8 Å². The van der Waals surface area contributed by atoms with Crippen LogP contribution in [0.3, 0.4) is 0 Å². The second-order valence-electron chi connectivity index (χ2n) is 16.4. The van der Waals surface area contributed by atoms with Crippen molar-refractivity contribution >= 4 is 5.91 Å². The molecule has 7 atom stereocenters. The van der Waals surface area contributed by atoms with E-state index in [2.05, 4.69) is 36.1 Å². The molecule has 12 nitrogen and oxygen atoms in total. The van der Waals surface area contributed by atoms with Gasteiger partial charge in [-0.15, -0.1) is 0 Å². The zero-order valence-electron chi connectivity index (χ0n) is 35.4. The van der Waals surface area contributed by atoms with E-state index in [1.165, 1.54) is 11.1 Å². The fraction of sp³-hybridized carbons (Fsp3) is 0.553. The van der Waals surface area contributed by atoms with Crippen molar-refractivity contribution in [1.82, 2.24) is 9.80 Å². The maximum absolute atomic E-state index is 15.3. The molecule has 0 radical (unpaired) electrons. The van der Waals surface area contributed by atoms with Crippen molar-refractivity contribution in [3.8, 4) is 34.5 Å². The summed E-state index contributed by atoms with van der Waals surface area (Å²) >= 11 is 0. The third-order valence-corrected chi connectivity index (χ3v) is 13.5. The molecule has 0 saturated carbocycles. The van der Waals surface area contributed by atoms with E-state index in [1.807, 2.05) is 36.1 Å². The number of amides is 1. The summed E-state index contributed by atoms with van der Waals surface area (Å²) in [4.78, 5) is 20.0. The topological polar surface area (TPSA) is 118 Å². The first-order valence-corrected chi connectivity index (χ1v) is 21.4. The molecule has 12 heteroatoms. The van der Waals surface area contributed by atoms with Crippen molar-refractivity contribution < 1.29 is 47.8 Å². The number of fused-ring (bicyclic) bond motifs is 5. The average molecular weight is 813 g/mol. The summed E-state index contributed by atoms with van der Waals surface area (Å²) in [6.07, 6.45) is 6.96. The second kappa shape index (κ2) is 17.9. The molecule has 1 amide bonds. The molecule has 5 aliphatic heterocycles. The number of benzene rings is 3. The first kappa shape index (κ1) is 41.1. The van der Waals surface area contributed by atoms with E-state index >= 15 is 4.79 Å². The lowest BCUT2D eigenvalue weighted by atomic mass is 9.72. The maximum Gasteiger partial charge on any atom is 0.289 e. The number of rotatable bonds is 14. The van der Waals surface area contributed by atoms with Gasteiger partial charge in [-0.1, -0.05) is 19.4 Å². The highest BCUT2D eigenvalue weighted by molar-refractivity contribution is 5.92. The van der Waals surface area contributed by atoms with Crippen LogP contribution in [-0.4, -0.2) is 95.2 Å². The van der Waals surface area contributed by atoms with Gasteiger partial charge in [-0.25, -0.2) is 0 Å². The van der Waals surface area contributed by atoms with E-state index in [9.17, 15) is 5.11 Å². The summed E-state index contributed by atoms with van der Waals surface area (Å²) in [7, 11) is 6.72. The lowest BCUT2D eigenvalue weighted by Gasteiger charge is -2.49. The van der Waals surface area contributed by atoms with Crippen molar-refractivity contribution in [2.45, 2.75) is 83.1 Å². The minimum absolute atomic E-state index is 0.0493. The molecule has 0 bridgehead atoms. The van der Waals surface area contributed by atoms with Crippen LogP contribution in [0.4, 0.5) is 0 Å². The quantitative estimate of drug-likeness (QED) is 0.176. The fourth-order valence-electron chi connectivity index (χ4n) is 10.5. The molecule has 8 rings (SSSR count). The predicted molar refractivity (Wildman–Crippen MR) is 221 cm³/mol. The number of allylic oxidation sites excluding steroid dienone is 1. The maximum atomic E-state index is 15.3. The fourth-order valence-corrected chi connectivity index (χ4v) is 10.5. The van der Waals surface area contributed by atoms with E-state index in [1.54, 1.807) is 28.4 Å². The second-order valence-corrected chi connectivity index (χ2v) is 16.4. The van der Waals surface area contributed by atoms with Gasteiger partial charge >= 0.3 is 0 Å². The van der Waals surface area contributed by atoms with E-state index in [0.29, 0.717) is 67.2 Å². The van der Waals surface area contributed by atoms with Gasteiger partial charge in [0.05, 0.1) is 34.5 Å². The van der Waals surface area contributed by atoms with Gasteiger partial charge in [0.2, 0.25) is 13.1 Å². The highest BCUT2D eigenvalue weighted by Crippen LogP contribution is 2.50. The van der Waals surface area contributed by atoms with Crippen molar-refractivity contribution in [2.24, 2.45) is 17.8 Å². The molecule has 5 heterocycles. The van der Waals surface area contributed by atoms with Gasteiger partial charge < -0.3 is 47.9 Å². The Morgan fingerprint density at radius 3 is 2.20 bits per heavy atom. The number of aliphatic hydroxyl groups excluding tert-OH is 1. The number of ether oxygens (including phenoxy) is 8. The van der Waals surface area contributed by atoms with Gasteiger partial charge in [-0.3, -0.25) is 9.69 Å². The van der Waals surface area contributed by atoms with Gasteiger partial charge in [0.1, 0.15) is 0 Å². The summed E-state index contributed by atoms with van der Waals surface area (Å²) in [5.41, 5.74) is 5.85. The number of carbonyl (C=O) groups is 1. The van der Waals surface area contributed by atoms with Gasteiger partial charge in [0.15, 0.2) is 40.3 Å². The number of nitrogens with zero attached hydrogens (tertiary/aromatic N) is 2. The van der Waals surface area contributed by atoms with Crippen molar-refractivity contribution in [3.63, 3.8) is 0 Å². The number of aliphatic hydroxyl groups is 1. The van der Waals surface area contributed by atoms with Crippen LogP contribution in [0.15, 0.2) is 54.3 Å². The van der Waals surface area contributed by atoms with Crippen LogP contribution in [0, 0.1) is 17.8 Å². The molecule has 3 aromatic carbocycles. The van der Waals surface area contributed by atoms with Crippen LogP contribution >= 0.6 is 0 Å². The molecule has 1 saturated heterocycles. The van der Waals surface area contributed by atoms with Crippen LogP contribution in [-0.2, 0) is 27.1 Å². The zero-order chi connectivity index (χ0) is 41.2. The van der Waals surface area contributed by atoms with Crippen LogP contribution in [0.2, 0.25) is 0 Å². The summed E-state index contributed by atoms with van der Waals surface area (Å²) in [5, 5.41) is 9.89. The molecule has 0 unspecified atom stereocenters. The summed E-state index contributed by atoms with van der Waals surface area (Å²) in [6.45, 7) is 7.39. The van der Waals surface area contributed by atoms with Crippen LogP contribution in [0.5, 0.6) is 34.5 Å². The van der Waals surface area contributed by atoms with Crippen LogP contribution in [0.25, 0.3) is 0 Å². The number of carbonyl (C=O) groups excluding carboxylic acids is 1. The van der Waals surface area contributed by atoms with Crippen molar-refractivity contribution in [2.75, 3.05) is 68.1 Å². The predicted octanol–water partition coefficient (Wildman–Crippen LogP) is 7.36. The van der Waals surface area contributed by atoms with E-state index in [4.69, 9.17) is 37.9 Å². The third kappa shape index (κ3) is 7.91. The average Bonchev–Trinajstić information content (AvgIpc) is 3.75. The monoisotopic (exact) mass is 812 g/mol. The van der Waals surface area contributed by atoms with E-state index < -0.39 is 6.29 Å². The Bertz CT molecular complexity index is 2020.